The SMILES string of the molecule is C.C.C.C.C.C.C.C.C.C.C.C.C.C.C.C.C.C/C=C(\C)CC.C/C=C/C.CCC(C)CC.CCC(CC)(CC)CC.CCCc1ccc(C)cc1.CCOc1cccc(CC)c1.CCc1ccc(C)c(C)c1.CCc1ccc(C)c(F)c1.CCc1ccc(C)cc1C.CCc1ccc(C)cc1F.CCc1cccc(C)c1.CCc1ccccc1C. The summed E-state index contributed by atoms with van der Waals surface area (Å²) in [5.74, 6) is 1.73. The zero-order valence-electron chi connectivity index (χ0n) is 72.7. The Morgan fingerprint density at radius 2 is 0.694 bits per heavy atom. The first-order chi connectivity index (χ1) is 49.6. The summed E-state index contributed by atoms with van der Waals surface area (Å²) in [5, 5.41) is 0. The first kappa shape index (κ1) is 168. The molecule has 0 atom stereocenters. The lowest BCUT2D eigenvalue weighted by atomic mass is 9.78. The van der Waals surface area contributed by atoms with Crippen LogP contribution in [-0.4, -0.2) is 6.61 Å². The maximum absolute atomic E-state index is 12.9. The molecule has 1 nitrogen and oxygen atoms in total. The van der Waals surface area contributed by atoms with Crippen LogP contribution in [0.2, 0.25) is 0 Å². The highest BCUT2D eigenvalue weighted by Crippen LogP contribution is 2.33. The summed E-state index contributed by atoms with van der Waals surface area (Å²) in [5.41, 5.74) is 23.9. The molecular weight excluding hydrogens is 1470 g/mol. The molecule has 8 aromatic rings. The largest absolute Gasteiger partial charge is 0.494 e. The van der Waals surface area contributed by atoms with Gasteiger partial charge in [0, 0.05) is 0 Å². The van der Waals surface area contributed by atoms with Crippen LogP contribution >= 0.6 is 0 Å². The van der Waals surface area contributed by atoms with Gasteiger partial charge in [-0.2, -0.15) is 0 Å². The fourth-order valence-electron chi connectivity index (χ4n) is 10.1. The second-order valence-electron chi connectivity index (χ2n) is 27.2. The average molecular weight is 1700 g/mol. The molecule has 0 bridgehead atoms. The standard InChI is InChI=1S/C10H14O.3C10H14.2C9H11F.2C9H12.C9H20.C6H14.C6H12.C4H8.17CH4/c1-3-9-6-5-7-10(8-9)11-4-2;1-4-10-6-5-8(2)9(3)7-10;1-4-10-6-5-8(2)7-9(10)3;1-3-4-10-7-5-9(2)6-8-10;1-3-8-5-4-7(2)9(10)6-8;1-3-8-5-4-7(2)6-9(8)10;1-3-9-6-4-5-8(2)7-9;1-3-9-7-5-4-6-8(9)2;1-5-9(6-2,7-3)8-4;2*1-4-6(3)5-2;1-3-4-2;;;;;;;;;;;;;;;;;/h5-8H,3-4H2,1-2H3;2*5-7H,4H2,1-3H3;5-8H,3-4H2,1-2H3;2*4-6H,3H2,1-2H3;2*4-7H,3H2,1-2H3;5-8H2,1-4H3;6H,4-5H2,1-3H3;4H,5H2,1-3H3;3-4H,1-2H3;17*1H4/b;;;;;;;;;;6-4+;4-3+;;;;;;;;;;;;;;;;;. The third kappa shape index (κ3) is 86.2. The van der Waals surface area contributed by atoms with Crippen molar-refractivity contribution in [3.8, 4) is 5.75 Å². The van der Waals surface area contributed by atoms with Gasteiger partial charge in [0.1, 0.15) is 17.4 Å². The van der Waals surface area contributed by atoms with Crippen molar-refractivity contribution in [2.45, 2.75) is 437 Å². The molecule has 0 unspecified atom stereocenters. The van der Waals surface area contributed by atoms with E-state index in [9.17, 15) is 8.78 Å². The van der Waals surface area contributed by atoms with Crippen molar-refractivity contribution in [3.63, 3.8) is 0 Å². The Balaban J connectivity index is -0.0000000471. The fraction of sp³-hybridized carbons (Fsp3) is 0.559. The molecule has 0 radical (unpaired) electrons. The van der Waals surface area contributed by atoms with Gasteiger partial charge >= 0.3 is 0 Å². The number of ether oxygens (including phenoxy) is 1. The second-order valence-corrected chi connectivity index (χ2v) is 27.2. The van der Waals surface area contributed by atoms with E-state index >= 15 is 0 Å². The molecule has 121 heavy (non-hydrogen) atoms. The molecule has 0 saturated heterocycles. The third-order valence-electron chi connectivity index (χ3n) is 19.3. The van der Waals surface area contributed by atoms with E-state index in [1.165, 1.54) is 136 Å². The minimum atomic E-state index is -0.0978. The number of hydrogen-bond donors (Lipinski definition) is 0. The van der Waals surface area contributed by atoms with Crippen LogP contribution in [0, 0.1) is 85.3 Å². The van der Waals surface area contributed by atoms with Crippen LogP contribution < -0.4 is 4.74 Å². The molecule has 0 aromatic heterocycles. The van der Waals surface area contributed by atoms with E-state index in [1.54, 1.807) is 19.1 Å². The first-order valence-electron chi connectivity index (χ1n) is 40.3. The van der Waals surface area contributed by atoms with Crippen molar-refractivity contribution in [1.29, 1.82) is 0 Å². The Kier molecular flexibility index (Phi) is 151. The van der Waals surface area contributed by atoms with E-state index in [0.717, 1.165) is 85.5 Å². The molecule has 0 spiro atoms. The molecule has 8 rings (SSSR count). The normalized spacial score (nSPS) is 8.69. The summed E-state index contributed by atoms with van der Waals surface area (Å²) >= 11 is 0. The van der Waals surface area contributed by atoms with Gasteiger partial charge < -0.3 is 4.74 Å². The smallest absolute Gasteiger partial charge is 0.126 e. The monoisotopic (exact) mass is 1700 g/mol. The zero-order chi connectivity index (χ0) is 79.8. The lowest BCUT2D eigenvalue weighted by Crippen LogP contribution is -2.15. The minimum Gasteiger partial charge on any atom is -0.494 e. The molecule has 0 aliphatic heterocycles. The minimum absolute atomic E-state index is 0. The molecule has 0 aliphatic rings. The summed E-state index contributed by atoms with van der Waals surface area (Å²) in [6.45, 7) is 64.8. The predicted octanol–water partition coefficient (Wildman–Crippen LogP) is 42.6. The highest BCUT2D eigenvalue weighted by molar-refractivity contribution is 5.32. The van der Waals surface area contributed by atoms with E-state index < -0.39 is 0 Å². The molecule has 716 valence electrons. The number of rotatable bonds is 18. The van der Waals surface area contributed by atoms with Crippen LogP contribution in [0.4, 0.5) is 8.78 Å². The lowest BCUT2D eigenvalue weighted by molar-refractivity contribution is 0.240. The Morgan fingerprint density at radius 1 is 0.322 bits per heavy atom. The lowest BCUT2D eigenvalue weighted by Gasteiger charge is -2.28. The summed E-state index contributed by atoms with van der Waals surface area (Å²) in [4.78, 5) is 0. The zero-order valence-corrected chi connectivity index (χ0v) is 72.7. The molecule has 0 N–H and O–H groups in total. The number of aryl methyl sites for hydroxylation is 17. The highest BCUT2D eigenvalue weighted by Gasteiger charge is 2.20. The van der Waals surface area contributed by atoms with Crippen LogP contribution in [0.1, 0.15) is 418 Å². The summed E-state index contributed by atoms with van der Waals surface area (Å²) < 4.78 is 31.0. The number of hydrogen-bond acceptors (Lipinski definition) is 1. The van der Waals surface area contributed by atoms with Crippen LogP contribution in [-0.2, 0) is 51.4 Å². The van der Waals surface area contributed by atoms with Crippen molar-refractivity contribution >= 4 is 0 Å². The fourth-order valence-corrected chi connectivity index (χ4v) is 10.1. The maximum atomic E-state index is 12.9. The Labute approximate surface area is 769 Å². The van der Waals surface area contributed by atoms with E-state index in [0.29, 0.717) is 5.41 Å². The highest BCUT2D eigenvalue weighted by atomic mass is 19.1. The van der Waals surface area contributed by atoms with E-state index in [-0.39, 0.29) is 138 Å². The number of allylic oxidation sites excluding steroid dienone is 4. The van der Waals surface area contributed by atoms with E-state index in [2.05, 4.69) is 287 Å². The molecule has 0 saturated carbocycles. The second kappa shape index (κ2) is 109. The third-order valence-corrected chi connectivity index (χ3v) is 19.3. The van der Waals surface area contributed by atoms with E-state index in [1.807, 2.05) is 90.1 Å². The Morgan fingerprint density at radius 3 is 1.00 bits per heavy atom. The van der Waals surface area contributed by atoms with Crippen LogP contribution in [0.15, 0.2) is 194 Å². The molecule has 0 amide bonds. The van der Waals surface area contributed by atoms with E-state index in [4.69, 9.17) is 4.74 Å². The van der Waals surface area contributed by atoms with Gasteiger partial charge in [-0.15, -0.1) is 0 Å². The van der Waals surface area contributed by atoms with Gasteiger partial charge in [-0.05, 0) is 268 Å². The van der Waals surface area contributed by atoms with Crippen molar-refractivity contribution in [3.05, 3.63) is 300 Å². The van der Waals surface area contributed by atoms with Gasteiger partial charge in [-0.1, -0.05) is 468 Å². The van der Waals surface area contributed by atoms with Gasteiger partial charge in [0.25, 0.3) is 0 Å². The van der Waals surface area contributed by atoms with Crippen molar-refractivity contribution in [2.75, 3.05) is 6.61 Å². The number of benzene rings is 8. The first-order valence-corrected chi connectivity index (χ1v) is 40.3. The van der Waals surface area contributed by atoms with Crippen LogP contribution in [0.5, 0.6) is 5.75 Å². The molecule has 0 heterocycles. The molecular formula is C118H224F2O. The van der Waals surface area contributed by atoms with Gasteiger partial charge in [0.15, 0.2) is 0 Å². The van der Waals surface area contributed by atoms with Crippen LogP contribution in [0.25, 0.3) is 0 Å². The van der Waals surface area contributed by atoms with Crippen molar-refractivity contribution in [2.24, 2.45) is 11.3 Å². The summed E-state index contributed by atoms with van der Waals surface area (Å²) in [6.07, 6.45) is 25.1. The topological polar surface area (TPSA) is 9.23 Å². The Bertz CT molecular complexity index is 3260. The van der Waals surface area contributed by atoms with Crippen molar-refractivity contribution in [1.82, 2.24) is 0 Å². The molecule has 0 aliphatic carbocycles. The predicted molar refractivity (Wildman–Crippen MR) is 583 cm³/mol. The molecule has 8 aromatic carbocycles. The van der Waals surface area contributed by atoms with Gasteiger partial charge in [0.05, 0.1) is 6.61 Å². The number of halogens is 2. The summed E-state index contributed by atoms with van der Waals surface area (Å²) in [7, 11) is 0. The summed E-state index contributed by atoms with van der Waals surface area (Å²) in [6, 6.07) is 58.1. The molecule has 3 heteroatoms. The average Bonchev–Trinajstić information content (AvgIpc) is 0.899. The Hall–Kier alpha value is -7.10. The van der Waals surface area contributed by atoms with Gasteiger partial charge in [-0.25, -0.2) is 8.78 Å². The molecule has 0 fully saturated rings. The quantitative estimate of drug-likeness (QED) is 0.0778. The van der Waals surface area contributed by atoms with Gasteiger partial charge in [0.2, 0.25) is 0 Å². The van der Waals surface area contributed by atoms with Gasteiger partial charge in [-0.3, -0.25) is 0 Å². The van der Waals surface area contributed by atoms with Crippen molar-refractivity contribution < 1.29 is 13.5 Å². The van der Waals surface area contributed by atoms with Crippen LogP contribution in [0.3, 0.4) is 0 Å². The maximum Gasteiger partial charge on any atom is 0.126 e.